The maximum atomic E-state index is 13.5. The molecule has 2 aromatic rings. The lowest BCUT2D eigenvalue weighted by Crippen LogP contribution is -2.52. The van der Waals surface area contributed by atoms with Crippen LogP contribution < -0.4 is 15.1 Å². The molecule has 1 saturated heterocycles. The standard InChI is InChI=1S/C24H29F2N5O3/c1-15-13-29(23(33)34)21-9-17(18-10-28-30(14-18)19-11-27-12-19)2-3-20(21)31(15)22(32)8-16-4-6-24(25,26)7-5-16/h2-3,9-10,14-16,19,27H,4-8,11-13H2,1H3,(H,33,34)/t15-/m0/s1. The number of rotatable bonds is 4. The van der Waals surface area contributed by atoms with Crippen molar-refractivity contribution < 1.29 is 23.5 Å². The third-order valence-corrected chi connectivity index (χ3v) is 7.28. The molecule has 5 rings (SSSR count). The lowest BCUT2D eigenvalue weighted by molar-refractivity contribution is -0.121. The van der Waals surface area contributed by atoms with Crippen molar-refractivity contribution in [1.82, 2.24) is 15.1 Å². The fourth-order valence-electron chi connectivity index (χ4n) is 5.16. The summed E-state index contributed by atoms with van der Waals surface area (Å²) in [4.78, 5) is 28.3. The summed E-state index contributed by atoms with van der Waals surface area (Å²) in [5, 5.41) is 17.5. The predicted molar refractivity (Wildman–Crippen MR) is 123 cm³/mol. The predicted octanol–water partition coefficient (Wildman–Crippen LogP) is 4.13. The van der Waals surface area contributed by atoms with Gasteiger partial charge in [-0.05, 0) is 43.4 Å². The third kappa shape index (κ3) is 4.26. The summed E-state index contributed by atoms with van der Waals surface area (Å²) in [6, 6.07) is 5.40. The van der Waals surface area contributed by atoms with Crippen LogP contribution in [-0.4, -0.2) is 58.5 Å². The van der Waals surface area contributed by atoms with Gasteiger partial charge in [-0.15, -0.1) is 0 Å². The van der Waals surface area contributed by atoms with Crippen LogP contribution >= 0.6 is 0 Å². The second-order valence-electron chi connectivity index (χ2n) is 9.73. The number of alkyl halides is 2. The molecule has 3 heterocycles. The van der Waals surface area contributed by atoms with Gasteiger partial charge in [0.05, 0.1) is 29.7 Å². The van der Waals surface area contributed by atoms with E-state index < -0.39 is 12.0 Å². The number of fused-ring (bicyclic) bond motifs is 1. The van der Waals surface area contributed by atoms with Crippen molar-refractivity contribution in [3.05, 3.63) is 30.6 Å². The highest BCUT2D eigenvalue weighted by Gasteiger charge is 2.39. The number of nitrogens with one attached hydrogen (secondary N) is 1. The van der Waals surface area contributed by atoms with Gasteiger partial charge in [0.2, 0.25) is 11.8 Å². The molecule has 1 atom stereocenters. The zero-order chi connectivity index (χ0) is 24.0. The molecule has 0 radical (unpaired) electrons. The number of hydrogen-bond donors (Lipinski definition) is 2. The van der Waals surface area contributed by atoms with Crippen LogP contribution in [0.1, 0.15) is 45.1 Å². The Morgan fingerprint density at radius 1 is 1.18 bits per heavy atom. The van der Waals surface area contributed by atoms with E-state index in [0.717, 1.165) is 24.2 Å². The summed E-state index contributed by atoms with van der Waals surface area (Å²) in [5.74, 6) is -2.86. The summed E-state index contributed by atoms with van der Waals surface area (Å²) >= 11 is 0. The normalized spacial score (nSPS) is 22.9. The average molecular weight is 474 g/mol. The largest absolute Gasteiger partial charge is 0.465 e. The van der Waals surface area contributed by atoms with Crippen molar-refractivity contribution in [3.63, 3.8) is 0 Å². The molecule has 2 fully saturated rings. The van der Waals surface area contributed by atoms with Crippen molar-refractivity contribution in [2.75, 3.05) is 29.4 Å². The van der Waals surface area contributed by atoms with Crippen LogP contribution in [0, 0.1) is 5.92 Å². The summed E-state index contributed by atoms with van der Waals surface area (Å²) in [7, 11) is 0. The fraction of sp³-hybridized carbons (Fsp3) is 0.542. The summed E-state index contributed by atoms with van der Waals surface area (Å²) < 4.78 is 29.0. The van der Waals surface area contributed by atoms with Crippen LogP contribution in [0.5, 0.6) is 0 Å². The van der Waals surface area contributed by atoms with E-state index in [2.05, 4.69) is 10.4 Å². The molecular weight excluding hydrogens is 444 g/mol. The molecule has 8 nitrogen and oxygen atoms in total. The number of carbonyl (C=O) groups is 2. The first-order valence-electron chi connectivity index (χ1n) is 11.8. The highest BCUT2D eigenvalue weighted by atomic mass is 19.3. The molecule has 1 aromatic carbocycles. The molecule has 0 unspecified atom stereocenters. The van der Waals surface area contributed by atoms with Gasteiger partial charge in [-0.1, -0.05) is 6.07 Å². The number of nitrogens with zero attached hydrogens (tertiary/aromatic N) is 4. The maximum Gasteiger partial charge on any atom is 0.411 e. The number of carbonyl (C=O) groups excluding carboxylic acids is 1. The third-order valence-electron chi connectivity index (χ3n) is 7.28. The minimum Gasteiger partial charge on any atom is -0.465 e. The molecule has 3 aliphatic rings. The number of halogens is 2. The zero-order valence-electron chi connectivity index (χ0n) is 19.1. The molecule has 2 aliphatic heterocycles. The van der Waals surface area contributed by atoms with Crippen LogP contribution in [0.25, 0.3) is 11.1 Å². The molecule has 1 aliphatic carbocycles. The number of amides is 2. The monoisotopic (exact) mass is 473 g/mol. The van der Waals surface area contributed by atoms with Gasteiger partial charge >= 0.3 is 6.09 Å². The van der Waals surface area contributed by atoms with Gasteiger partial charge in [0, 0.05) is 50.7 Å². The zero-order valence-corrected chi connectivity index (χ0v) is 19.1. The second-order valence-corrected chi connectivity index (χ2v) is 9.73. The van der Waals surface area contributed by atoms with Crippen LogP contribution in [0.15, 0.2) is 30.6 Å². The Morgan fingerprint density at radius 2 is 1.91 bits per heavy atom. The van der Waals surface area contributed by atoms with E-state index in [1.807, 2.05) is 23.9 Å². The van der Waals surface area contributed by atoms with E-state index in [4.69, 9.17) is 0 Å². The van der Waals surface area contributed by atoms with Gasteiger partial charge in [0.25, 0.3) is 0 Å². The fourth-order valence-corrected chi connectivity index (χ4v) is 5.16. The summed E-state index contributed by atoms with van der Waals surface area (Å²) in [6.07, 6.45) is 3.11. The minimum absolute atomic E-state index is 0.0774. The molecule has 182 valence electrons. The summed E-state index contributed by atoms with van der Waals surface area (Å²) in [5.41, 5.74) is 2.68. The Balaban J connectivity index is 1.41. The first kappa shape index (κ1) is 22.8. The number of anilines is 2. The van der Waals surface area contributed by atoms with Crippen LogP contribution in [0.3, 0.4) is 0 Å². The lowest BCUT2D eigenvalue weighted by atomic mass is 9.84. The van der Waals surface area contributed by atoms with E-state index in [0.29, 0.717) is 30.3 Å². The highest BCUT2D eigenvalue weighted by Crippen LogP contribution is 2.41. The first-order chi connectivity index (χ1) is 16.2. The van der Waals surface area contributed by atoms with E-state index >= 15 is 0 Å². The summed E-state index contributed by atoms with van der Waals surface area (Å²) in [6.45, 7) is 3.70. The second kappa shape index (κ2) is 8.65. The van der Waals surface area contributed by atoms with Crippen LogP contribution in [0.4, 0.5) is 25.0 Å². The lowest BCUT2D eigenvalue weighted by Gasteiger charge is -2.41. The van der Waals surface area contributed by atoms with E-state index in [9.17, 15) is 23.5 Å². The average Bonchev–Trinajstić information content (AvgIpc) is 3.22. The molecule has 0 bridgehead atoms. The first-order valence-corrected chi connectivity index (χ1v) is 11.8. The van der Waals surface area contributed by atoms with E-state index in [1.54, 1.807) is 23.2 Å². The number of benzene rings is 1. The van der Waals surface area contributed by atoms with Crippen molar-refractivity contribution in [2.45, 2.75) is 57.0 Å². The Labute approximate surface area is 196 Å². The molecular formula is C24H29F2N5O3. The number of carboxylic acid groups (broad SMARTS) is 1. The molecule has 2 amide bonds. The van der Waals surface area contributed by atoms with Gasteiger partial charge in [0.15, 0.2) is 0 Å². The number of hydrogen-bond acceptors (Lipinski definition) is 4. The Hall–Kier alpha value is -3.01. The van der Waals surface area contributed by atoms with Gasteiger partial charge in [-0.25, -0.2) is 13.6 Å². The molecule has 1 saturated carbocycles. The SMILES string of the molecule is C[C@H]1CN(C(=O)O)c2cc(-c3cnn(C4CNC4)c3)ccc2N1C(=O)CC1CCC(F)(F)CC1. The molecule has 34 heavy (non-hydrogen) atoms. The van der Waals surface area contributed by atoms with Crippen molar-refractivity contribution in [1.29, 1.82) is 0 Å². The Kier molecular flexibility index (Phi) is 5.79. The van der Waals surface area contributed by atoms with E-state index in [1.165, 1.54) is 4.90 Å². The molecule has 0 spiro atoms. The Bertz CT molecular complexity index is 1090. The molecule has 2 N–H and O–H groups in total. The highest BCUT2D eigenvalue weighted by molar-refractivity contribution is 6.03. The smallest absolute Gasteiger partial charge is 0.411 e. The van der Waals surface area contributed by atoms with E-state index in [-0.39, 0.29) is 43.7 Å². The van der Waals surface area contributed by atoms with Crippen LogP contribution in [-0.2, 0) is 4.79 Å². The molecule has 1 aromatic heterocycles. The van der Waals surface area contributed by atoms with Gasteiger partial charge in [0.1, 0.15) is 0 Å². The molecule has 10 heteroatoms. The van der Waals surface area contributed by atoms with Crippen LogP contribution in [0.2, 0.25) is 0 Å². The van der Waals surface area contributed by atoms with Gasteiger partial charge in [-0.2, -0.15) is 5.10 Å². The van der Waals surface area contributed by atoms with Gasteiger partial charge < -0.3 is 15.3 Å². The van der Waals surface area contributed by atoms with Crippen molar-refractivity contribution >= 4 is 23.4 Å². The Morgan fingerprint density at radius 3 is 2.56 bits per heavy atom. The van der Waals surface area contributed by atoms with Crippen molar-refractivity contribution in [2.24, 2.45) is 5.92 Å². The topological polar surface area (TPSA) is 90.7 Å². The minimum atomic E-state index is -2.63. The quantitative estimate of drug-likeness (QED) is 0.697. The van der Waals surface area contributed by atoms with Crippen molar-refractivity contribution in [3.8, 4) is 11.1 Å². The van der Waals surface area contributed by atoms with Gasteiger partial charge in [-0.3, -0.25) is 14.4 Å². The number of aromatic nitrogens is 2. The maximum absolute atomic E-state index is 13.5.